The van der Waals surface area contributed by atoms with Crippen LogP contribution < -0.4 is 9.64 Å². The van der Waals surface area contributed by atoms with Crippen molar-refractivity contribution in [2.45, 2.75) is 19.4 Å². The summed E-state index contributed by atoms with van der Waals surface area (Å²) in [4.78, 5) is 2.09. The van der Waals surface area contributed by atoms with Crippen molar-refractivity contribution in [1.29, 1.82) is 0 Å². The van der Waals surface area contributed by atoms with E-state index in [1.807, 2.05) is 34.0 Å². The third kappa shape index (κ3) is 2.67. The monoisotopic (exact) mass is 295 g/mol. The highest BCUT2D eigenvalue weighted by Gasteiger charge is 2.27. The van der Waals surface area contributed by atoms with Crippen LogP contribution in [0, 0.1) is 0 Å². The van der Waals surface area contributed by atoms with E-state index >= 15 is 0 Å². The van der Waals surface area contributed by atoms with Gasteiger partial charge in [0, 0.05) is 31.4 Å². The van der Waals surface area contributed by atoms with Crippen LogP contribution in [0.2, 0.25) is 0 Å². The van der Waals surface area contributed by atoms with Crippen molar-refractivity contribution < 1.29 is 9.84 Å². The van der Waals surface area contributed by atoms with Gasteiger partial charge in [0.05, 0.1) is 0 Å². The highest BCUT2D eigenvalue weighted by atomic mass is 16.5. The molecule has 1 heterocycles. The normalized spacial score (nSPS) is 15.5. The number of ether oxygens (including phenoxy) is 1. The van der Waals surface area contributed by atoms with Gasteiger partial charge in [0.15, 0.2) is 0 Å². The fourth-order valence-corrected chi connectivity index (χ4v) is 2.75. The molecule has 3 rings (SSSR count). The molecule has 3 nitrogen and oxygen atoms in total. The Hall–Kier alpha value is -2.42. The van der Waals surface area contributed by atoms with Gasteiger partial charge in [-0.05, 0) is 55.3 Å². The predicted molar refractivity (Wildman–Crippen MR) is 90.7 cm³/mol. The van der Waals surface area contributed by atoms with Crippen LogP contribution in [0.3, 0.4) is 0 Å². The minimum Gasteiger partial charge on any atom is -0.508 e. The Morgan fingerprint density at radius 3 is 2.55 bits per heavy atom. The van der Waals surface area contributed by atoms with Gasteiger partial charge in [-0.15, -0.1) is 0 Å². The maximum absolute atomic E-state index is 9.73. The third-order valence-corrected chi connectivity index (χ3v) is 3.79. The van der Waals surface area contributed by atoms with Crippen molar-refractivity contribution in [1.82, 2.24) is 0 Å². The first-order chi connectivity index (χ1) is 10.4. The van der Waals surface area contributed by atoms with Gasteiger partial charge in [-0.25, -0.2) is 0 Å². The van der Waals surface area contributed by atoms with Crippen LogP contribution in [0.5, 0.6) is 11.5 Å². The lowest BCUT2D eigenvalue weighted by Gasteiger charge is -2.31. The van der Waals surface area contributed by atoms with Gasteiger partial charge in [-0.2, -0.15) is 0 Å². The number of hydrogen-bond acceptors (Lipinski definition) is 3. The third-order valence-electron chi connectivity index (χ3n) is 3.79. The van der Waals surface area contributed by atoms with E-state index in [0.717, 1.165) is 28.1 Å². The summed E-state index contributed by atoms with van der Waals surface area (Å²) in [6, 6.07) is 13.7. The smallest absolute Gasteiger partial charge is 0.132 e. The van der Waals surface area contributed by atoms with Crippen LogP contribution >= 0.6 is 0 Å². The van der Waals surface area contributed by atoms with Crippen LogP contribution in [0.1, 0.15) is 25.0 Å². The average molecular weight is 295 g/mol. The summed E-state index contributed by atoms with van der Waals surface area (Å²) in [7, 11) is 4.07. The Balaban J connectivity index is 2.16. The summed E-state index contributed by atoms with van der Waals surface area (Å²) in [5.74, 6) is 0.940. The Labute approximate surface area is 131 Å². The summed E-state index contributed by atoms with van der Waals surface area (Å²) in [5.41, 5.74) is 4.03. The molecule has 0 fully saturated rings. The first-order valence-electron chi connectivity index (χ1n) is 7.39. The number of fused-ring (bicyclic) bond motifs is 1. The van der Waals surface area contributed by atoms with E-state index in [-0.39, 0.29) is 5.75 Å². The van der Waals surface area contributed by atoms with E-state index in [1.165, 1.54) is 0 Å². The summed E-state index contributed by atoms with van der Waals surface area (Å²) < 4.78 is 5.98. The van der Waals surface area contributed by atoms with Gasteiger partial charge in [0.25, 0.3) is 0 Å². The second-order valence-electron chi connectivity index (χ2n) is 6.39. The van der Waals surface area contributed by atoms with Crippen LogP contribution in [0.4, 0.5) is 5.69 Å². The zero-order valence-electron chi connectivity index (χ0n) is 13.4. The fourth-order valence-electron chi connectivity index (χ4n) is 2.75. The Kier molecular flexibility index (Phi) is 3.36. The first kappa shape index (κ1) is 14.5. The second kappa shape index (κ2) is 5.09. The van der Waals surface area contributed by atoms with E-state index in [9.17, 15) is 5.11 Å². The Morgan fingerprint density at radius 2 is 1.82 bits per heavy atom. The maximum atomic E-state index is 9.73. The lowest BCUT2D eigenvalue weighted by atomic mass is 9.89. The number of anilines is 1. The molecule has 0 unspecified atom stereocenters. The summed E-state index contributed by atoms with van der Waals surface area (Å²) in [6.45, 7) is 4.05. The van der Waals surface area contributed by atoms with Crippen molar-refractivity contribution in [3.05, 3.63) is 59.7 Å². The standard InChI is InChI=1S/C19H21NO2/c1-19(2)12-17(13-6-5-7-14(10-13)20(3)4)16-9-8-15(21)11-18(16)22-19/h5-12,21H,1-4H3. The number of nitrogens with zero attached hydrogens (tertiary/aromatic N) is 1. The molecule has 0 aromatic heterocycles. The van der Waals surface area contributed by atoms with Crippen LogP contribution in [0.25, 0.3) is 5.57 Å². The molecule has 0 aliphatic carbocycles. The highest BCUT2D eigenvalue weighted by Crippen LogP contribution is 2.41. The molecular weight excluding hydrogens is 274 g/mol. The number of hydrogen-bond donors (Lipinski definition) is 1. The van der Waals surface area contributed by atoms with Gasteiger partial charge in [-0.1, -0.05) is 12.1 Å². The van der Waals surface area contributed by atoms with Gasteiger partial charge < -0.3 is 14.7 Å². The number of phenols is 1. The quantitative estimate of drug-likeness (QED) is 0.907. The highest BCUT2D eigenvalue weighted by molar-refractivity contribution is 5.86. The zero-order valence-corrected chi connectivity index (χ0v) is 13.4. The van der Waals surface area contributed by atoms with Crippen molar-refractivity contribution >= 4 is 11.3 Å². The molecule has 114 valence electrons. The molecule has 22 heavy (non-hydrogen) atoms. The summed E-state index contributed by atoms with van der Waals surface area (Å²) in [6.07, 6.45) is 2.14. The molecule has 0 saturated carbocycles. The molecule has 0 bridgehead atoms. The molecule has 0 atom stereocenters. The molecule has 3 heteroatoms. The lowest BCUT2D eigenvalue weighted by molar-refractivity contribution is 0.157. The summed E-state index contributed by atoms with van der Waals surface area (Å²) in [5, 5.41) is 9.73. The predicted octanol–water partition coefficient (Wildman–Crippen LogP) is 4.06. The topological polar surface area (TPSA) is 32.7 Å². The minimum atomic E-state index is -0.412. The molecular formula is C19H21NO2. The van der Waals surface area contributed by atoms with E-state index in [4.69, 9.17) is 4.74 Å². The Bertz CT molecular complexity index is 745. The largest absolute Gasteiger partial charge is 0.508 e. The molecule has 2 aromatic carbocycles. The van der Waals surface area contributed by atoms with E-state index < -0.39 is 5.60 Å². The van der Waals surface area contributed by atoms with Crippen molar-refractivity contribution in [2.75, 3.05) is 19.0 Å². The van der Waals surface area contributed by atoms with E-state index in [0.29, 0.717) is 0 Å². The zero-order chi connectivity index (χ0) is 15.9. The van der Waals surface area contributed by atoms with Crippen molar-refractivity contribution in [3.63, 3.8) is 0 Å². The Morgan fingerprint density at radius 1 is 1.05 bits per heavy atom. The van der Waals surface area contributed by atoms with Crippen LogP contribution in [0.15, 0.2) is 48.5 Å². The number of benzene rings is 2. The molecule has 1 aliphatic rings. The summed E-state index contributed by atoms with van der Waals surface area (Å²) >= 11 is 0. The molecule has 0 amide bonds. The molecule has 0 radical (unpaired) electrons. The first-order valence-corrected chi connectivity index (χ1v) is 7.39. The fraction of sp³-hybridized carbons (Fsp3) is 0.263. The minimum absolute atomic E-state index is 0.220. The molecule has 1 N–H and O–H groups in total. The molecule has 0 saturated heterocycles. The van der Waals surface area contributed by atoms with Crippen molar-refractivity contribution in [3.8, 4) is 11.5 Å². The SMILES string of the molecule is CN(C)c1cccc(C2=CC(C)(C)Oc3cc(O)ccc32)c1. The van der Waals surface area contributed by atoms with Gasteiger partial charge >= 0.3 is 0 Å². The molecule has 0 spiro atoms. The van der Waals surface area contributed by atoms with Gasteiger partial charge in [0.2, 0.25) is 0 Å². The van der Waals surface area contributed by atoms with Crippen molar-refractivity contribution in [2.24, 2.45) is 0 Å². The average Bonchev–Trinajstić information content (AvgIpc) is 2.45. The van der Waals surface area contributed by atoms with Crippen LogP contribution in [-0.4, -0.2) is 24.8 Å². The lowest BCUT2D eigenvalue weighted by Crippen LogP contribution is -2.29. The second-order valence-corrected chi connectivity index (χ2v) is 6.39. The number of phenolic OH excluding ortho intramolecular Hbond substituents is 1. The van der Waals surface area contributed by atoms with Gasteiger partial charge in [-0.3, -0.25) is 0 Å². The van der Waals surface area contributed by atoms with E-state index in [2.05, 4.69) is 35.2 Å². The molecule has 1 aliphatic heterocycles. The maximum Gasteiger partial charge on any atom is 0.132 e. The number of rotatable bonds is 2. The van der Waals surface area contributed by atoms with Gasteiger partial charge in [0.1, 0.15) is 17.1 Å². The number of aromatic hydroxyl groups is 1. The molecule has 2 aromatic rings. The van der Waals surface area contributed by atoms with Crippen LogP contribution in [-0.2, 0) is 0 Å². The van der Waals surface area contributed by atoms with E-state index in [1.54, 1.807) is 12.1 Å².